The van der Waals surface area contributed by atoms with E-state index in [1.165, 1.54) is 16.8 Å². The number of halogens is 3. The molecule has 1 N–H and O–H groups in total. The van der Waals surface area contributed by atoms with Gasteiger partial charge in [-0.05, 0) is 32.0 Å². The number of hydrogen-bond donors (Lipinski definition) is 1. The number of benzene rings is 1. The van der Waals surface area contributed by atoms with Gasteiger partial charge in [-0.2, -0.15) is 18.3 Å². The number of ether oxygens (including phenoxy) is 1. The molecule has 130 valence electrons. The molecule has 0 aliphatic heterocycles. The van der Waals surface area contributed by atoms with E-state index in [0.29, 0.717) is 23.5 Å². The molecule has 0 unspecified atom stereocenters. The molecule has 0 fully saturated rings. The highest BCUT2D eigenvalue weighted by molar-refractivity contribution is 5.91. The fraction of sp³-hybridized carbons (Fsp3) is 0.375. The molecule has 0 aliphatic rings. The van der Waals surface area contributed by atoms with Crippen molar-refractivity contribution >= 4 is 11.6 Å². The van der Waals surface area contributed by atoms with Crippen LogP contribution in [0.25, 0.3) is 0 Å². The molecule has 2 rings (SSSR count). The maximum absolute atomic E-state index is 12.7. The molecule has 0 saturated heterocycles. The third-order valence-corrected chi connectivity index (χ3v) is 3.48. The second-order valence-electron chi connectivity index (χ2n) is 5.25. The molecule has 1 aromatic heterocycles. The van der Waals surface area contributed by atoms with Crippen LogP contribution < -0.4 is 10.1 Å². The van der Waals surface area contributed by atoms with E-state index in [-0.39, 0.29) is 18.4 Å². The SMILES string of the molecule is CCC(=O)Nc1c(C)nn(COc2cccc(C(F)(F)F)c2)c1C. The molecule has 0 spiro atoms. The fourth-order valence-electron chi connectivity index (χ4n) is 2.13. The number of rotatable bonds is 5. The summed E-state index contributed by atoms with van der Waals surface area (Å²) in [5.74, 6) is -0.0453. The van der Waals surface area contributed by atoms with Gasteiger partial charge in [0.15, 0.2) is 6.73 Å². The molecule has 0 saturated carbocycles. The molecule has 2 aromatic rings. The number of amides is 1. The van der Waals surface area contributed by atoms with Gasteiger partial charge in [0, 0.05) is 6.42 Å². The van der Waals surface area contributed by atoms with Crippen LogP contribution >= 0.6 is 0 Å². The Hall–Kier alpha value is -2.51. The topological polar surface area (TPSA) is 56.2 Å². The summed E-state index contributed by atoms with van der Waals surface area (Å²) in [5.41, 5.74) is 1.10. The van der Waals surface area contributed by atoms with Crippen molar-refractivity contribution in [2.45, 2.75) is 40.1 Å². The number of hydrogen-bond acceptors (Lipinski definition) is 3. The van der Waals surface area contributed by atoms with Crippen molar-refractivity contribution in [3.8, 4) is 5.75 Å². The highest BCUT2D eigenvalue weighted by Gasteiger charge is 2.30. The first-order valence-electron chi connectivity index (χ1n) is 7.36. The average molecular weight is 341 g/mol. The first-order valence-corrected chi connectivity index (χ1v) is 7.36. The summed E-state index contributed by atoms with van der Waals surface area (Å²) in [6, 6.07) is 4.65. The molecule has 1 heterocycles. The van der Waals surface area contributed by atoms with E-state index in [0.717, 1.165) is 12.1 Å². The predicted molar refractivity (Wildman–Crippen MR) is 82.7 cm³/mol. The van der Waals surface area contributed by atoms with Gasteiger partial charge in [-0.3, -0.25) is 4.79 Å². The van der Waals surface area contributed by atoms with Gasteiger partial charge < -0.3 is 10.1 Å². The molecular weight excluding hydrogens is 323 g/mol. The fourth-order valence-corrected chi connectivity index (χ4v) is 2.13. The number of aromatic nitrogens is 2. The van der Waals surface area contributed by atoms with E-state index in [9.17, 15) is 18.0 Å². The molecule has 0 radical (unpaired) electrons. The van der Waals surface area contributed by atoms with E-state index < -0.39 is 11.7 Å². The standard InChI is InChI=1S/C16H18F3N3O2/c1-4-14(23)20-15-10(2)21-22(11(15)3)9-24-13-7-5-6-12(8-13)16(17,18)19/h5-8H,4,9H2,1-3H3,(H,20,23). The Labute approximate surface area is 137 Å². The minimum atomic E-state index is -4.42. The summed E-state index contributed by atoms with van der Waals surface area (Å²) in [6.07, 6.45) is -4.08. The van der Waals surface area contributed by atoms with Gasteiger partial charge in [0.05, 0.1) is 22.6 Å². The van der Waals surface area contributed by atoms with Crippen LogP contribution in [-0.4, -0.2) is 15.7 Å². The number of nitrogens with zero attached hydrogens (tertiary/aromatic N) is 2. The van der Waals surface area contributed by atoms with Crippen LogP contribution in [0.1, 0.15) is 30.3 Å². The van der Waals surface area contributed by atoms with Crippen molar-refractivity contribution in [3.63, 3.8) is 0 Å². The van der Waals surface area contributed by atoms with Crippen LogP contribution in [0, 0.1) is 13.8 Å². The molecule has 0 bridgehead atoms. The zero-order valence-corrected chi connectivity index (χ0v) is 13.6. The lowest BCUT2D eigenvalue weighted by Gasteiger charge is -2.11. The zero-order valence-electron chi connectivity index (χ0n) is 13.6. The van der Waals surface area contributed by atoms with Gasteiger partial charge >= 0.3 is 6.18 Å². The van der Waals surface area contributed by atoms with E-state index in [2.05, 4.69) is 10.4 Å². The maximum atomic E-state index is 12.7. The number of nitrogens with one attached hydrogen (secondary N) is 1. The molecule has 5 nitrogen and oxygen atoms in total. The van der Waals surface area contributed by atoms with Crippen LogP contribution in [0.15, 0.2) is 24.3 Å². The Kier molecular flexibility index (Phi) is 5.16. The Bertz CT molecular complexity index is 739. The highest BCUT2D eigenvalue weighted by atomic mass is 19.4. The Balaban J connectivity index is 2.13. The van der Waals surface area contributed by atoms with Crippen molar-refractivity contribution in [1.82, 2.24) is 9.78 Å². The van der Waals surface area contributed by atoms with E-state index in [4.69, 9.17) is 4.74 Å². The molecule has 8 heteroatoms. The monoisotopic (exact) mass is 341 g/mol. The summed E-state index contributed by atoms with van der Waals surface area (Å²) in [4.78, 5) is 11.5. The smallest absolute Gasteiger partial charge is 0.416 e. The number of aryl methyl sites for hydroxylation is 1. The van der Waals surface area contributed by atoms with Gasteiger partial charge in [0.2, 0.25) is 5.91 Å². The predicted octanol–water partition coefficient (Wildman–Crippen LogP) is 3.90. The summed E-state index contributed by atoms with van der Waals surface area (Å²) in [7, 11) is 0. The second kappa shape index (κ2) is 6.94. The molecule has 24 heavy (non-hydrogen) atoms. The molecule has 1 amide bonds. The van der Waals surface area contributed by atoms with Crippen LogP contribution in [0.3, 0.4) is 0 Å². The van der Waals surface area contributed by atoms with Crippen LogP contribution in [0.4, 0.5) is 18.9 Å². The average Bonchev–Trinajstić information content (AvgIpc) is 2.79. The number of carbonyl (C=O) groups excluding carboxylic acids is 1. The van der Waals surface area contributed by atoms with Gasteiger partial charge in [-0.15, -0.1) is 0 Å². The summed E-state index contributed by atoms with van der Waals surface area (Å²) < 4.78 is 45.0. The quantitative estimate of drug-likeness (QED) is 0.897. The van der Waals surface area contributed by atoms with Gasteiger partial charge in [-0.1, -0.05) is 13.0 Å². The largest absolute Gasteiger partial charge is 0.471 e. The minimum absolute atomic E-state index is 0.0595. The lowest BCUT2D eigenvalue weighted by Crippen LogP contribution is -2.12. The summed E-state index contributed by atoms with van der Waals surface area (Å²) >= 11 is 0. The van der Waals surface area contributed by atoms with Crippen LogP contribution in [-0.2, 0) is 17.7 Å². The van der Waals surface area contributed by atoms with Crippen molar-refractivity contribution in [2.24, 2.45) is 0 Å². The maximum Gasteiger partial charge on any atom is 0.416 e. The van der Waals surface area contributed by atoms with E-state index in [1.807, 2.05) is 0 Å². The van der Waals surface area contributed by atoms with Gasteiger partial charge in [0.1, 0.15) is 5.75 Å². The highest BCUT2D eigenvalue weighted by Crippen LogP contribution is 2.31. The van der Waals surface area contributed by atoms with Gasteiger partial charge in [-0.25, -0.2) is 4.68 Å². The first-order chi connectivity index (χ1) is 11.2. The summed E-state index contributed by atoms with van der Waals surface area (Å²) in [5, 5.41) is 6.99. The Morgan fingerprint density at radius 2 is 2.04 bits per heavy atom. The van der Waals surface area contributed by atoms with Crippen LogP contribution in [0.2, 0.25) is 0 Å². The molecule has 0 atom stereocenters. The van der Waals surface area contributed by atoms with Crippen molar-refractivity contribution in [2.75, 3.05) is 5.32 Å². The van der Waals surface area contributed by atoms with Crippen molar-refractivity contribution in [1.29, 1.82) is 0 Å². The number of anilines is 1. The number of alkyl halides is 3. The van der Waals surface area contributed by atoms with Crippen molar-refractivity contribution < 1.29 is 22.7 Å². The lowest BCUT2D eigenvalue weighted by atomic mass is 10.2. The lowest BCUT2D eigenvalue weighted by molar-refractivity contribution is -0.137. The third-order valence-electron chi connectivity index (χ3n) is 3.48. The normalized spacial score (nSPS) is 11.4. The van der Waals surface area contributed by atoms with Crippen LogP contribution in [0.5, 0.6) is 5.75 Å². The molecule has 0 aliphatic carbocycles. The zero-order chi connectivity index (χ0) is 17.9. The first kappa shape index (κ1) is 17.8. The molecular formula is C16H18F3N3O2. The Morgan fingerprint density at radius 1 is 1.33 bits per heavy atom. The minimum Gasteiger partial charge on any atom is -0.471 e. The number of carbonyl (C=O) groups is 1. The van der Waals surface area contributed by atoms with E-state index >= 15 is 0 Å². The molecule has 1 aromatic carbocycles. The summed E-state index contributed by atoms with van der Waals surface area (Å²) in [6.45, 7) is 5.16. The second-order valence-corrected chi connectivity index (χ2v) is 5.25. The van der Waals surface area contributed by atoms with E-state index in [1.54, 1.807) is 20.8 Å². The third kappa shape index (κ3) is 4.06. The van der Waals surface area contributed by atoms with Gasteiger partial charge in [0.25, 0.3) is 0 Å². The Morgan fingerprint density at radius 3 is 2.67 bits per heavy atom. The van der Waals surface area contributed by atoms with Crippen molar-refractivity contribution in [3.05, 3.63) is 41.2 Å².